The summed E-state index contributed by atoms with van der Waals surface area (Å²) in [5.41, 5.74) is 2.09. The Kier molecular flexibility index (Phi) is 3.12. The third-order valence-electron chi connectivity index (χ3n) is 2.99. The summed E-state index contributed by atoms with van der Waals surface area (Å²) in [4.78, 5) is 10.1. The molecule has 2 heterocycles. The Morgan fingerprint density at radius 1 is 1.21 bits per heavy atom. The van der Waals surface area contributed by atoms with Crippen molar-refractivity contribution in [2.45, 2.75) is 6.92 Å². The SMILES string of the molecule is CNc1nc(-c2sccc2Cl)nc2c(C)cccc12. The van der Waals surface area contributed by atoms with Crippen LogP contribution in [0, 0.1) is 6.92 Å². The van der Waals surface area contributed by atoms with Crippen LogP contribution in [-0.4, -0.2) is 17.0 Å². The molecule has 3 aromatic rings. The van der Waals surface area contributed by atoms with Crippen molar-refractivity contribution in [3.05, 3.63) is 40.2 Å². The number of hydrogen-bond acceptors (Lipinski definition) is 4. The highest BCUT2D eigenvalue weighted by Crippen LogP contribution is 2.33. The lowest BCUT2D eigenvalue weighted by atomic mass is 10.1. The number of aryl methyl sites for hydroxylation is 1. The van der Waals surface area contributed by atoms with Gasteiger partial charge in [0.1, 0.15) is 5.82 Å². The van der Waals surface area contributed by atoms with Crippen molar-refractivity contribution in [2.75, 3.05) is 12.4 Å². The molecule has 19 heavy (non-hydrogen) atoms. The summed E-state index contributed by atoms with van der Waals surface area (Å²) < 4.78 is 0. The molecule has 0 amide bonds. The van der Waals surface area contributed by atoms with E-state index in [-0.39, 0.29) is 0 Å². The molecule has 0 aliphatic carbocycles. The zero-order valence-corrected chi connectivity index (χ0v) is 12.1. The summed E-state index contributed by atoms with van der Waals surface area (Å²) in [6.45, 7) is 2.05. The van der Waals surface area contributed by atoms with E-state index in [1.807, 2.05) is 30.6 Å². The van der Waals surface area contributed by atoms with Gasteiger partial charge in [-0.1, -0.05) is 23.7 Å². The first-order valence-corrected chi connectivity index (χ1v) is 7.15. The van der Waals surface area contributed by atoms with Crippen LogP contribution in [0.1, 0.15) is 5.56 Å². The maximum atomic E-state index is 6.17. The van der Waals surface area contributed by atoms with Gasteiger partial charge in [0.15, 0.2) is 5.82 Å². The summed E-state index contributed by atoms with van der Waals surface area (Å²) in [6.07, 6.45) is 0. The molecule has 0 radical (unpaired) electrons. The quantitative estimate of drug-likeness (QED) is 0.761. The molecule has 3 nitrogen and oxygen atoms in total. The smallest absolute Gasteiger partial charge is 0.173 e. The van der Waals surface area contributed by atoms with E-state index in [9.17, 15) is 0 Å². The van der Waals surface area contributed by atoms with Crippen LogP contribution in [0.3, 0.4) is 0 Å². The fourth-order valence-corrected chi connectivity index (χ4v) is 3.11. The fraction of sp³-hybridized carbons (Fsp3) is 0.143. The normalized spacial score (nSPS) is 10.9. The summed E-state index contributed by atoms with van der Waals surface area (Å²) in [5.74, 6) is 1.50. The first-order chi connectivity index (χ1) is 9.20. The molecule has 96 valence electrons. The zero-order valence-electron chi connectivity index (χ0n) is 10.6. The van der Waals surface area contributed by atoms with Crippen molar-refractivity contribution < 1.29 is 0 Å². The average Bonchev–Trinajstić information content (AvgIpc) is 2.84. The molecule has 5 heteroatoms. The molecular formula is C14H12ClN3S. The molecule has 1 N–H and O–H groups in total. The van der Waals surface area contributed by atoms with E-state index in [2.05, 4.69) is 28.3 Å². The van der Waals surface area contributed by atoms with Gasteiger partial charge in [-0.15, -0.1) is 11.3 Å². The molecular weight excluding hydrogens is 278 g/mol. The second-order valence-corrected chi connectivity index (χ2v) is 5.54. The van der Waals surface area contributed by atoms with Crippen LogP contribution in [-0.2, 0) is 0 Å². The second-order valence-electron chi connectivity index (χ2n) is 4.21. The number of rotatable bonds is 2. The van der Waals surface area contributed by atoms with Gasteiger partial charge in [0.05, 0.1) is 15.4 Å². The lowest BCUT2D eigenvalue weighted by Crippen LogP contribution is -1.99. The van der Waals surface area contributed by atoms with Crippen molar-refractivity contribution in [1.82, 2.24) is 9.97 Å². The summed E-state index contributed by atoms with van der Waals surface area (Å²) >= 11 is 7.72. The standard InChI is InChI=1S/C14H12ClN3S/c1-8-4-3-5-9-11(8)17-14(18-13(9)16-2)12-10(15)6-7-19-12/h3-7H,1-2H3,(H,16,17,18). The Labute approximate surface area is 120 Å². The molecule has 0 saturated carbocycles. The van der Waals surface area contributed by atoms with Gasteiger partial charge in [0.25, 0.3) is 0 Å². The fourth-order valence-electron chi connectivity index (χ4n) is 2.04. The van der Waals surface area contributed by atoms with Crippen molar-refractivity contribution in [3.63, 3.8) is 0 Å². The zero-order chi connectivity index (χ0) is 13.4. The van der Waals surface area contributed by atoms with E-state index in [1.54, 1.807) is 11.3 Å². The average molecular weight is 290 g/mol. The van der Waals surface area contributed by atoms with Crippen molar-refractivity contribution in [1.29, 1.82) is 0 Å². The number of benzene rings is 1. The first-order valence-electron chi connectivity index (χ1n) is 5.89. The van der Waals surface area contributed by atoms with Crippen LogP contribution in [0.15, 0.2) is 29.6 Å². The number of hydrogen-bond donors (Lipinski definition) is 1. The van der Waals surface area contributed by atoms with E-state index in [0.717, 1.165) is 27.2 Å². The highest BCUT2D eigenvalue weighted by Gasteiger charge is 2.13. The molecule has 0 fully saturated rings. The van der Waals surface area contributed by atoms with Gasteiger partial charge in [0.2, 0.25) is 0 Å². The van der Waals surface area contributed by atoms with Crippen molar-refractivity contribution in [3.8, 4) is 10.7 Å². The monoisotopic (exact) mass is 289 g/mol. The number of anilines is 1. The maximum absolute atomic E-state index is 6.17. The predicted molar refractivity (Wildman–Crippen MR) is 82.1 cm³/mol. The van der Waals surface area contributed by atoms with Gasteiger partial charge < -0.3 is 5.32 Å². The Morgan fingerprint density at radius 2 is 2.05 bits per heavy atom. The van der Waals surface area contributed by atoms with Crippen LogP contribution in [0.5, 0.6) is 0 Å². The highest BCUT2D eigenvalue weighted by molar-refractivity contribution is 7.14. The minimum Gasteiger partial charge on any atom is -0.373 e. The maximum Gasteiger partial charge on any atom is 0.173 e. The van der Waals surface area contributed by atoms with Crippen molar-refractivity contribution in [2.24, 2.45) is 0 Å². The molecule has 0 atom stereocenters. The number of aromatic nitrogens is 2. The molecule has 3 rings (SSSR count). The highest BCUT2D eigenvalue weighted by atomic mass is 35.5. The first kappa shape index (κ1) is 12.4. The molecule has 0 spiro atoms. The lowest BCUT2D eigenvalue weighted by molar-refractivity contribution is 1.21. The summed E-state index contributed by atoms with van der Waals surface area (Å²) in [7, 11) is 1.86. The molecule has 0 bridgehead atoms. The summed E-state index contributed by atoms with van der Waals surface area (Å²) in [5, 5.41) is 6.80. The Hall–Kier alpha value is -1.65. The summed E-state index contributed by atoms with van der Waals surface area (Å²) in [6, 6.07) is 7.95. The topological polar surface area (TPSA) is 37.8 Å². The third kappa shape index (κ3) is 2.07. The van der Waals surface area contributed by atoms with Gasteiger partial charge >= 0.3 is 0 Å². The van der Waals surface area contributed by atoms with E-state index in [4.69, 9.17) is 11.6 Å². The molecule has 1 aromatic carbocycles. The van der Waals surface area contributed by atoms with E-state index < -0.39 is 0 Å². The van der Waals surface area contributed by atoms with Crippen LogP contribution in [0.4, 0.5) is 5.82 Å². The van der Waals surface area contributed by atoms with Crippen LogP contribution in [0.2, 0.25) is 5.02 Å². The number of para-hydroxylation sites is 1. The van der Waals surface area contributed by atoms with Gasteiger partial charge in [0, 0.05) is 12.4 Å². The minimum atomic E-state index is 0.672. The van der Waals surface area contributed by atoms with E-state index in [0.29, 0.717) is 10.8 Å². The molecule has 0 aliphatic rings. The van der Waals surface area contributed by atoms with Crippen molar-refractivity contribution >= 4 is 39.7 Å². The second kappa shape index (κ2) is 4.79. The van der Waals surface area contributed by atoms with Crippen LogP contribution < -0.4 is 5.32 Å². The minimum absolute atomic E-state index is 0.672. The van der Waals surface area contributed by atoms with E-state index >= 15 is 0 Å². The molecule has 0 unspecified atom stereocenters. The largest absolute Gasteiger partial charge is 0.373 e. The third-order valence-corrected chi connectivity index (χ3v) is 4.32. The lowest BCUT2D eigenvalue weighted by Gasteiger charge is -2.09. The number of nitrogens with zero attached hydrogens (tertiary/aromatic N) is 2. The molecule has 0 saturated heterocycles. The predicted octanol–water partition coefficient (Wildman–Crippen LogP) is 4.36. The van der Waals surface area contributed by atoms with Gasteiger partial charge in [-0.3, -0.25) is 0 Å². The van der Waals surface area contributed by atoms with Crippen LogP contribution >= 0.6 is 22.9 Å². The van der Waals surface area contributed by atoms with Crippen LogP contribution in [0.25, 0.3) is 21.6 Å². The number of thiophene rings is 1. The Morgan fingerprint density at radius 3 is 2.74 bits per heavy atom. The van der Waals surface area contributed by atoms with Gasteiger partial charge in [-0.05, 0) is 30.0 Å². The number of halogens is 1. The Bertz CT molecular complexity index is 752. The van der Waals surface area contributed by atoms with Gasteiger partial charge in [-0.2, -0.15) is 0 Å². The molecule has 0 aliphatic heterocycles. The van der Waals surface area contributed by atoms with E-state index in [1.165, 1.54) is 0 Å². The Balaban J connectivity index is 2.34. The van der Waals surface area contributed by atoms with Gasteiger partial charge in [-0.25, -0.2) is 9.97 Å². The molecule has 2 aromatic heterocycles. The number of nitrogens with one attached hydrogen (secondary N) is 1. The number of fused-ring (bicyclic) bond motifs is 1.